The Bertz CT molecular complexity index is 438. The molecule has 1 aliphatic heterocycles. The highest BCUT2D eigenvalue weighted by Crippen LogP contribution is 2.26. The summed E-state index contributed by atoms with van der Waals surface area (Å²) in [7, 11) is 0. The SMILES string of the molecule is CC(C)C(=O)C1CCCCC1.CCC(C)CCCCCCC(=O)N1CCNCC1. The minimum absolute atomic E-state index is 0.248. The third-order valence-corrected chi connectivity index (χ3v) is 6.58. The molecule has 0 aromatic rings. The largest absolute Gasteiger partial charge is 0.340 e. The lowest BCUT2D eigenvalue weighted by molar-refractivity contribution is -0.132. The molecule has 1 heterocycles. The van der Waals surface area contributed by atoms with Gasteiger partial charge < -0.3 is 10.2 Å². The quantitative estimate of drug-likeness (QED) is 0.479. The Morgan fingerprint density at radius 3 is 2.14 bits per heavy atom. The van der Waals surface area contributed by atoms with Crippen LogP contribution in [0, 0.1) is 17.8 Å². The van der Waals surface area contributed by atoms with Crippen LogP contribution >= 0.6 is 0 Å². The number of hydrogen-bond acceptors (Lipinski definition) is 3. The molecule has 1 saturated heterocycles. The summed E-state index contributed by atoms with van der Waals surface area (Å²) in [4.78, 5) is 25.4. The van der Waals surface area contributed by atoms with Crippen molar-refractivity contribution in [1.82, 2.24) is 10.2 Å². The summed E-state index contributed by atoms with van der Waals surface area (Å²) in [6.07, 6.45) is 14.5. The number of unbranched alkanes of at least 4 members (excludes halogenated alkanes) is 3. The van der Waals surface area contributed by atoms with Crippen LogP contribution in [0.25, 0.3) is 0 Å². The molecule has 1 unspecified atom stereocenters. The summed E-state index contributed by atoms with van der Waals surface area (Å²) in [5, 5.41) is 3.28. The third-order valence-electron chi connectivity index (χ3n) is 6.58. The van der Waals surface area contributed by atoms with E-state index in [4.69, 9.17) is 0 Å². The molecule has 2 fully saturated rings. The molecule has 1 atom stereocenters. The zero-order valence-corrected chi connectivity index (χ0v) is 19.8. The van der Waals surface area contributed by atoms with Gasteiger partial charge in [-0.25, -0.2) is 0 Å². The van der Waals surface area contributed by atoms with Crippen molar-refractivity contribution in [1.29, 1.82) is 0 Å². The van der Waals surface area contributed by atoms with Crippen LogP contribution in [0.3, 0.4) is 0 Å². The number of carbonyl (C=O) groups excluding carboxylic acids is 2. The van der Waals surface area contributed by atoms with Crippen molar-refractivity contribution in [3.8, 4) is 0 Å². The van der Waals surface area contributed by atoms with Crippen molar-refractivity contribution in [2.75, 3.05) is 26.2 Å². The number of nitrogens with zero attached hydrogens (tertiary/aromatic N) is 1. The van der Waals surface area contributed by atoms with E-state index >= 15 is 0 Å². The van der Waals surface area contributed by atoms with Gasteiger partial charge in [0.1, 0.15) is 5.78 Å². The smallest absolute Gasteiger partial charge is 0.222 e. The molecule has 1 N–H and O–H groups in total. The van der Waals surface area contributed by atoms with Gasteiger partial charge in [-0.15, -0.1) is 0 Å². The van der Waals surface area contributed by atoms with Gasteiger partial charge in [0.05, 0.1) is 0 Å². The minimum Gasteiger partial charge on any atom is -0.340 e. The van der Waals surface area contributed by atoms with Gasteiger partial charge in [-0.1, -0.05) is 79.1 Å². The standard InChI is InChI=1S/C15H30N2O.C10H18O/c1-3-14(2)8-6-4-5-7-9-15(18)17-12-10-16-11-13-17;1-8(2)10(11)9-6-4-3-5-7-9/h14,16H,3-13H2,1-2H3;8-9H,3-7H2,1-2H3. The molecule has 0 spiro atoms. The highest BCUT2D eigenvalue weighted by molar-refractivity contribution is 5.82. The van der Waals surface area contributed by atoms with Gasteiger partial charge in [0, 0.05) is 44.4 Å². The molecular weight excluding hydrogens is 360 g/mol. The Morgan fingerprint density at radius 2 is 1.55 bits per heavy atom. The van der Waals surface area contributed by atoms with Gasteiger partial charge in [-0.05, 0) is 25.2 Å². The second-order valence-electron chi connectivity index (χ2n) is 9.49. The molecule has 4 heteroatoms. The lowest BCUT2D eigenvalue weighted by atomic mass is 9.83. The van der Waals surface area contributed by atoms with Gasteiger partial charge in [0.25, 0.3) is 0 Å². The normalized spacial score (nSPS) is 18.9. The summed E-state index contributed by atoms with van der Waals surface area (Å²) in [5.74, 6) is 2.37. The van der Waals surface area contributed by atoms with Gasteiger partial charge in [-0.2, -0.15) is 0 Å². The molecule has 1 saturated carbocycles. The fraction of sp³-hybridized carbons (Fsp3) is 0.920. The zero-order chi connectivity index (χ0) is 21.5. The van der Waals surface area contributed by atoms with E-state index in [1.807, 2.05) is 18.7 Å². The topological polar surface area (TPSA) is 49.4 Å². The number of hydrogen-bond donors (Lipinski definition) is 1. The zero-order valence-electron chi connectivity index (χ0n) is 19.8. The summed E-state index contributed by atoms with van der Waals surface area (Å²) >= 11 is 0. The van der Waals surface area contributed by atoms with Crippen LogP contribution in [0.4, 0.5) is 0 Å². The Labute approximate surface area is 180 Å². The van der Waals surface area contributed by atoms with E-state index in [0.717, 1.165) is 57.8 Å². The first-order chi connectivity index (χ1) is 14.0. The predicted octanol–water partition coefficient (Wildman–Crippen LogP) is 5.60. The Balaban J connectivity index is 0.000000326. The van der Waals surface area contributed by atoms with E-state index in [1.165, 1.54) is 51.4 Å². The molecule has 0 radical (unpaired) electrons. The van der Waals surface area contributed by atoms with Crippen LogP contribution in [-0.2, 0) is 9.59 Å². The van der Waals surface area contributed by atoms with E-state index in [9.17, 15) is 9.59 Å². The van der Waals surface area contributed by atoms with E-state index in [2.05, 4.69) is 19.2 Å². The maximum atomic E-state index is 11.9. The molecule has 2 rings (SSSR count). The van der Waals surface area contributed by atoms with Crippen molar-refractivity contribution in [2.45, 2.75) is 105 Å². The van der Waals surface area contributed by atoms with Crippen LogP contribution in [0.15, 0.2) is 0 Å². The van der Waals surface area contributed by atoms with Gasteiger partial charge >= 0.3 is 0 Å². The lowest BCUT2D eigenvalue weighted by Gasteiger charge is -2.27. The van der Waals surface area contributed by atoms with E-state index in [0.29, 0.717) is 17.6 Å². The van der Waals surface area contributed by atoms with Crippen LogP contribution in [0.1, 0.15) is 105 Å². The highest BCUT2D eigenvalue weighted by atomic mass is 16.2. The molecule has 0 aromatic heterocycles. The van der Waals surface area contributed by atoms with Crippen LogP contribution < -0.4 is 5.32 Å². The number of nitrogens with one attached hydrogen (secondary N) is 1. The predicted molar refractivity (Wildman–Crippen MR) is 123 cm³/mol. The Kier molecular flexibility index (Phi) is 14.3. The molecule has 29 heavy (non-hydrogen) atoms. The molecule has 4 nitrogen and oxygen atoms in total. The first-order valence-electron chi connectivity index (χ1n) is 12.5. The van der Waals surface area contributed by atoms with Crippen molar-refractivity contribution < 1.29 is 9.59 Å². The Morgan fingerprint density at radius 1 is 0.931 bits per heavy atom. The van der Waals surface area contributed by atoms with Gasteiger partial charge in [-0.3, -0.25) is 9.59 Å². The van der Waals surface area contributed by atoms with E-state index in [1.54, 1.807) is 0 Å². The van der Waals surface area contributed by atoms with Gasteiger partial charge in [0.15, 0.2) is 0 Å². The number of ketones is 1. The monoisotopic (exact) mass is 408 g/mol. The van der Waals surface area contributed by atoms with Gasteiger partial charge in [0.2, 0.25) is 5.91 Å². The molecular formula is C25H48N2O2. The van der Waals surface area contributed by atoms with Crippen molar-refractivity contribution in [2.24, 2.45) is 17.8 Å². The molecule has 0 bridgehead atoms. The lowest BCUT2D eigenvalue weighted by Crippen LogP contribution is -2.46. The number of piperazine rings is 1. The summed E-state index contributed by atoms with van der Waals surface area (Å²) in [6.45, 7) is 12.3. The van der Waals surface area contributed by atoms with Crippen molar-refractivity contribution in [3.63, 3.8) is 0 Å². The van der Waals surface area contributed by atoms with Crippen LogP contribution in [-0.4, -0.2) is 42.8 Å². The fourth-order valence-corrected chi connectivity index (χ4v) is 4.26. The second kappa shape index (κ2) is 15.9. The molecule has 2 aliphatic rings. The maximum absolute atomic E-state index is 11.9. The summed E-state index contributed by atoms with van der Waals surface area (Å²) in [6, 6.07) is 0. The number of amides is 1. The fourth-order valence-electron chi connectivity index (χ4n) is 4.26. The molecule has 1 aliphatic carbocycles. The van der Waals surface area contributed by atoms with Crippen LogP contribution in [0.5, 0.6) is 0 Å². The van der Waals surface area contributed by atoms with Crippen molar-refractivity contribution >= 4 is 11.7 Å². The maximum Gasteiger partial charge on any atom is 0.222 e. The summed E-state index contributed by atoms with van der Waals surface area (Å²) in [5.41, 5.74) is 0. The highest BCUT2D eigenvalue weighted by Gasteiger charge is 2.22. The van der Waals surface area contributed by atoms with E-state index < -0.39 is 0 Å². The van der Waals surface area contributed by atoms with Crippen molar-refractivity contribution in [3.05, 3.63) is 0 Å². The average Bonchev–Trinajstić information content (AvgIpc) is 2.76. The first kappa shape index (κ1) is 26.1. The molecule has 170 valence electrons. The minimum atomic E-state index is 0.248. The van der Waals surface area contributed by atoms with E-state index in [-0.39, 0.29) is 5.92 Å². The number of carbonyl (C=O) groups is 2. The third kappa shape index (κ3) is 11.8. The molecule has 1 amide bonds. The number of rotatable bonds is 10. The Hall–Kier alpha value is -0.900. The first-order valence-corrected chi connectivity index (χ1v) is 12.5. The number of Topliss-reactive ketones (excluding diaryl/α,β-unsaturated/α-hetero) is 1. The molecule has 0 aromatic carbocycles. The summed E-state index contributed by atoms with van der Waals surface area (Å²) < 4.78 is 0. The average molecular weight is 409 g/mol. The van der Waals surface area contributed by atoms with Crippen LogP contribution in [0.2, 0.25) is 0 Å². The second-order valence-corrected chi connectivity index (χ2v) is 9.49.